The fourth-order valence-corrected chi connectivity index (χ4v) is 2.67. The monoisotopic (exact) mass is 360 g/mol. The Morgan fingerprint density at radius 2 is 1.52 bits per heavy atom. The Morgan fingerprint density at radius 1 is 0.852 bits per heavy atom. The van der Waals surface area contributed by atoms with E-state index in [-0.39, 0.29) is 12.4 Å². The van der Waals surface area contributed by atoms with Gasteiger partial charge >= 0.3 is 5.97 Å². The molecule has 4 nitrogen and oxygen atoms in total. The number of ketones is 1. The number of carbonyl (C=O) groups excluding carboxylic acids is 2. The first-order valence-electron chi connectivity index (χ1n) is 8.66. The van der Waals surface area contributed by atoms with E-state index in [1.54, 1.807) is 54.6 Å². The molecule has 27 heavy (non-hydrogen) atoms. The molecule has 0 aliphatic heterocycles. The Hall–Kier alpha value is -3.40. The van der Waals surface area contributed by atoms with Crippen molar-refractivity contribution < 1.29 is 19.1 Å². The van der Waals surface area contributed by atoms with E-state index in [1.807, 2.05) is 37.3 Å². The van der Waals surface area contributed by atoms with Crippen molar-refractivity contribution in [1.29, 1.82) is 0 Å². The molecule has 0 amide bonds. The van der Waals surface area contributed by atoms with Crippen molar-refractivity contribution in [1.82, 2.24) is 0 Å². The predicted octanol–water partition coefficient (Wildman–Crippen LogP) is 4.54. The van der Waals surface area contributed by atoms with Gasteiger partial charge in [0, 0.05) is 11.1 Å². The molecule has 0 N–H and O–H groups in total. The van der Waals surface area contributed by atoms with Gasteiger partial charge in [0.15, 0.2) is 12.7 Å². The van der Waals surface area contributed by atoms with Gasteiger partial charge in [0.2, 0.25) is 5.78 Å². The molecule has 0 saturated heterocycles. The van der Waals surface area contributed by atoms with Crippen LogP contribution in [0, 0.1) is 6.92 Å². The average molecular weight is 360 g/mol. The van der Waals surface area contributed by atoms with Crippen LogP contribution < -0.4 is 4.74 Å². The highest BCUT2D eigenvalue weighted by Crippen LogP contribution is 2.23. The Bertz CT molecular complexity index is 904. The number of benzene rings is 3. The minimum atomic E-state index is -1.01. The van der Waals surface area contributed by atoms with Crippen LogP contribution in [0.4, 0.5) is 0 Å². The Labute approximate surface area is 158 Å². The van der Waals surface area contributed by atoms with Gasteiger partial charge in [0.05, 0.1) is 0 Å². The molecule has 1 unspecified atom stereocenters. The molecule has 4 heteroatoms. The lowest BCUT2D eigenvalue weighted by Gasteiger charge is -2.17. The standard InChI is InChI=1S/C23H20O4/c1-17-9-8-14-20(15-17)26-16-21(24)27-23(19-12-6-3-7-13-19)22(25)18-10-4-2-5-11-18/h2-15,23H,16H2,1H3. The first-order valence-corrected chi connectivity index (χ1v) is 8.66. The number of hydrogen-bond acceptors (Lipinski definition) is 4. The number of aryl methyl sites for hydroxylation is 1. The first-order chi connectivity index (χ1) is 13.1. The SMILES string of the molecule is Cc1cccc(OCC(=O)OC(C(=O)c2ccccc2)c2ccccc2)c1. The van der Waals surface area contributed by atoms with Gasteiger partial charge in [-0.3, -0.25) is 4.79 Å². The molecule has 0 aliphatic carbocycles. The average Bonchev–Trinajstić information content (AvgIpc) is 2.71. The Kier molecular flexibility index (Phi) is 6.00. The van der Waals surface area contributed by atoms with Gasteiger partial charge in [-0.2, -0.15) is 0 Å². The van der Waals surface area contributed by atoms with Crippen molar-refractivity contribution >= 4 is 11.8 Å². The van der Waals surface area contributed by atoms with Crippen LogP contribution in [0.15, 0.2) is 84.9 Å². The van der Waals surface area contributed by atoms with Crippen molar-refractivity contribution in [3.8, 4) is 5.75 Å². The second-order valence-corrected chi connectivity index (χ2v) is 6.12. The van der Waals surface area contributed by atoms with Gasteiger partial charge in [-0.05, 0) is 24.6 Å². The molecule has 3 rings (SSSR count). The fraction of sp³-hybridized carbons (Fsp3) is 0.130. The van der Waals surface area contributed by atoms with Crippen molar-refractivity contribution in [2.75, 3.05) is 6.61 Å². The highest BCUT2D eigenvalue weighted by molar-refractivity contribution is 6.01. The lowest BCUT2D eigenvalue weighted by Crippen LogP contribution is -2.23. The largest absolute Gasteiger partial charge is 0.482 e. The van der Waals surface area contributed by atoms with E-state index >= 15 is 0 Å². The molecular formula is C23H20O4. The number of rotatable bonds is 7. The van der Waals surface area contributed by atoms with E-state index in [4.69, 9.17) is 9.47 Å². The zero-order chi connectivity index (χ0) is 19.1. The van der Waals surface area contributed by atoms with Crippen molar-refractivity contribution in [3.63, 3.8) is 0 Å². The zero-order valence-electron chi connectivity index (χ0n) is 15.0. The molecule has 136 valence electrons. The highest BCUT2D eigenvalue weighted by Gasteiger charge is 2.26. The summed E-state index contributed by atoms with van der Waals surface area (Å²) >= 11 is 0. The van der Waals surface area contributed by atoms with Crippen LogP contribution >= 0.6 is 0 Å². The quantitative estimate of drug-likeness (QED) is 0.458. The molecule has 0 bridgehead atoms. The molecule has 0 aliphatic rings. The number of carbonyl (C=O) groups is 2. The Morgan fingerprint density at radius 3 is 2.19 bits per heavy atom. The van der Waals surface area contributed by atoms with Crippen LogP contribution in [0.1, 0.15) is 27.6 Å². The maximum Gasteiger partial charge on any atom is 0.345 e. The second-order valence-electron chi connectivity index (χ2n) is 6.12. The van der Waals surface area contributed by atoms with Gasteiger partial charge in [-0.1, -0.05) is 72.8 Å². The van der Waals surface area contributed by atoms with E-state index in [0.717, 1.165) is 5.56 Å². The fourth-order valence-electron chi connectivity index (χ4n) is 2.67. The third-order valence-electron chi connectivity index (χ3n) is 3.99. The number of ether oxygens (including phenoxy) is 2. The van der Waals surface area contributed by atoms with Crippen LogP contribution in [-0.4, -0.2) is 18.4 Å². The number of esters is 1. The maximum absolute atomic E-state index is 12.9. The van der Waals surface area contributed by atoms with Crippen LogP contribution in [0.5, 0.6) is 5.75 Å². The molecular weight excluding hydrogens is 340 g/mol. The molecule has 0 heterocycles. The summed E-state index contributed by atoms with van der Waals surface area (Å²) in [5, 5.41) is 0. The van der Waals surface area contributed by atoms with E-state index < -0.39 is 12.1 Å². The van der Waals surface area contributed by atoms with Crippen molar-refractivity contribution in [3.05, 3.63) is 102 Å². The molecule has 0 radical (unpaired) electrons. The molecule has 1 atom stereocenters. The van der Waals surface area contributed by atoms with Crippen molar-refractivity contribution in [2.24, 2.45) is 0 Å². The maximum atomic E-state index is 12.9. The van der Waals surface area contributed by atoms with Crippen LogP contribution in [0.25, 0.3) is 0 Å². The third kappa shape index (κ3) is 5.05. The van der Waals surface area contributed by atoms with E-state index in [9.17, 15) is 9.59 Å². The van der Waals surface area contributed by atoms with Gasteiger partial charge in [0.25, 0.3) is 0 Å². The van der Waals surface area contributed by atoms with E-state index in [1.165, 1.54) is 0 Å². The molecule has 0 spiro atoms. The lowest BCUT2D eigenvalue weighted by molar-refractivity contribution is -0.149. The van der Waals surface area contributed by atoms with Crippen LogP contribution in [0.3, 0.4) is 0 Å². The van der Waals surface area contributed by atoms with Crippen molar-refractivity contribution in [2.45, 2.75) is 13.0 Å². The molecule has 0 aromatic heterocycles. The summed E-state index contributed by atoms with van der Waals surface area (Å²) in [6.45, 7) is 1.67. The van der Waals surface area contributed by atoms with Gasteiger partial charge in [0.1, 0.15) is 5.75 Å². The summed E-state index contributed by atoms with van der Waals surface area (Å²) in [4.78, 5) is 25.2. The molecule has 3 aromatic carbocycles. The Balaban J connectivity index is 1.73. The summed E-state index contributed by atoms with van der Waals surface area (Å²) in [5.74, 6) is -0.294. The molecule has 0 fully saturated rings. The van der Waals surface area contributed by atoms with Gasteiger partial charge in [-0.25, -0.2) is 4.79 Å². The zero-order valence-corrected chi connectivity index (χ0v) is 15.0. The summed E-state index contributed by atoms with van der Waals surface area (Å²) in [6, 6.07) is 25.2. The minimum absolute atomic E-state index is 0.269. The second kappa shape index (κ2) is 8.81. The smallest absolute Gasteiger partial charge is 0.345 e. The summed E-state index contributed by atoms with van der Waals surface area (Å²) < 4.78 is 11.0. The summed E-state index contributed by atoms with van der Waals surface area (Å²) in [5.41, 5.74) is 2.14. The normalized spacial score (nSPS) is 11.4. The van der Waals surface area contributed by atoms with E-state index in [2.05, 4.69) is 0 Å². The molecule has 0 saturated carbocycles. The lowest BCUT2D eigenvalue weighted by atomic mass is 10.00. The first kappa shape index (κ1) is 18.4. The van der Waals surface area contributed by atoms with Gasteiger partial charge in [-0.15, -0.1) is 0 Å². The van der Waals surface area contributed by atoms with Gasteiger partial charge < -0.3 is 9.47 Å². The van der Waals surface area contributed by atoms with E-state index in [0.29, 0.717) is 16.9 Å². The predicted molar refractivity (Wildman–Crippen MR) is 103 cm³/mol. The minimum Gasteiger partial charge on any atom is -0.482 e. The molecule has 3 aromatic rings. The summed E-state index contributed by atoms with van der Waals surface area (Å²) in [6.07, 6.45) is -1.01. The highest BCUT2D eigenvalue weighted by atomic mass is 16.6. The topological polar surface area (TPSA) is 52.6 Å². The number of hydrogen-bond donors (Lipinski definition) is 0. The van der Waals surface area contributed by atoms with Crippen LogP contribution in [0.2, 0.25) is 0 Å². The number of Topliss-reactive ketones (excluding diaryl/α,β-unsaturated/α-hetero) is 1. The van der Waals surface area contributed by atoms with Crippen LogP contribution in [-0.2, 0) is 9.53 Å². The summed E-state index contributed by atoms with van der Waals surface area (Å²) in [7, 11) is 0. The third-order valence-corrected chi connectivity index (χ3v) is 3.99.